The third-order valence-electron chi connectivity index (χ3n) is 5.34. The first kappa shape index (κ1) is 14.4. The molecule has 1 heterocycles. The van der Waals surface area contributed by atoms with Crippen LogP contribution < -0.4 is 10.9 Å². The number of hydrogen-bond donors (Lipinski definition) is 1. The van der Waals surface area contributed by atoms with Gasteiger partial charge in [0.15, 0.2) is 0 Å². The lowest BCUT2D eigenvalue weighted by molar-refractivity contribution is -0.122. The second kappa shape index (κ2) is 5.80. The molecule has 2 aliphatic rings. The average Bonchev–Trinajstić information content (AvgIpc) is 3.31. The minimum Gasteiger partial charge on any atom is -0.354 e. The zero-order valence-corrected chi connectivity index (χ0v) is 13.1. The van der Waals surface area contributed by atoms with Crippen molar-refractivity contribution in [1.29, 1.82) is 0 Å². The Balaban J connectivity index is 1.37. The van der Waals surface area contributed by atoms with Crippen LogP contribution >= 0.6 is 0 Å². The molecule has 0 aliphatic heterocycles. The van der Waals surface area contributed by atoms with E-state index in [1.165, 1.54) is 30.4 Å². The van der Waals surface area contributed by atoms with Crippen molar-refractivity contribution < 1.29 is 4.79 Å². The second-order valence-electron chi connectivity index (χ2n) is 6.69. The van der Waals surface area contributed by atoms with Gasteiger partial charge in [-0.15, -0.1) is 0 Å². The van der Waals surface area contributed by atoms with Gasteiger partial charge < -0.3 is 5.32 Å². The molecule has 2 atom stereocenters. The molecule has 2 saturated carbocycles. The van der Waals surface area contributed by atoms with Gasteiger partial charge >= 0.3 is 0 Å². The molecule has 5 heteroatoms. The summed E-state index contributed by atoms with van der Waals surface area (Å²) in [5, 5.41) is 8.69. The summed E-state index contributed by atoms with van der Waals surface area (Å²) in [4.78, 5) is 24.6. The number of hydrogen-bond acceptors (Lipinski definition) is 3. The van der Waals surface area contributed by atoms with Crippen LogP contribution in [0.5, 0.6) is 0 Å². The van der Waals surface area contributed by atoms with E-state index in [1.807, 2.05) is 24.3 Å². The van der Waals surface area contributed by atoms with Crippen molar-refractivity contribution in [2.45, 2.75) is 32.2 Å². The summed E-state index contributed by atoms with van der Waals surface area (Å²) in [6.07, 6.45) is 6.64. The van der Waals surface area contributed by atoms with E-state index in [0.29, 0.717) is 30.3 Å². The predicted octanol–water partition coefficient (Wildman–Crippen LogP) is 1.95. The molecule has 120 valence electrons. The van der Waals surface area contributed by atoms with Gasteiger partial charge in [0, 0.05) is 17.8 Å². The van der Waals surface area contributed by atoms with E-state index in [9.17, 15) is 9.59 Å². The van der Waals surface area contributed by atoms with Crippen LogP contribution in [0.3, 0.4) is 0 Å². The van der Waals surface area contributed by atoms with E-state index in [-0.39, 0.29) is 17.4 Å². The van der Waals surface area contributed by atoms with Crippen LogP contribution in [0.1, 0.15) is 25.7 Å². The number of fused-ring (bicyclic) bond motifs is 2. The molecular formula is C18H21N3O2. The highest BCUT2D eigenvalue weighted by molar-refractivity contribution is 5.82. The van der Waals surface area contributed by atoms with Crippen molar-refractivity contribution in [1.82, 2.24) is 15.1 Å². The average molecular weight is 311 g/mol. The zero-order chi connectivity index (χ0) is 15.8. The van der Waals surface area contributed by atoms with Gasteiger partial charge in [-0.05, 0) is 30.7 Å². The van der Waals surface area contributed by atoms with Gasteiger partial charge in [0.2, 0.25) is 5.91 Å². The monoisotopic (exact) mass is 311 g/mol. The van der Waals surface area contributed by atoms with Gasteiger partial charge in [0.25, 0.3) is 5.56 Å². The Morgan fingerprint density at radius 2 is 1.96 bits per heavy atom. The Kier molecular flexibility index (Phi) is 3.63. The molecule has 0 unspecified atom stereocenters. The highest BCUT2D eigenvalue weighted by Gasteiger charge is 2.54. The highest BCUT2D eigenvalue weighted by atomic mass is 16.2. The van der Waals surface area contributed by atoms with E-state index in [2.05, 4.69) is 10.4 Å². The van der Waals surface area contributed by atoms with Crippen LogP contribution in [0.4, 0.5) is 0 Å². The predicted molar refractivity (Wildman–Crippen MR) is 88.0 cm³/mol. The van der Waals surface area contributed by atoms with Gasteiger partial charge in [0.1, 0.15) is 0 Å². The number of carbonyl (C=O) groups excluding carboxylic acids is 1. The molecule has 2 aromatic rings. The topological polar surface area (TPSA) is 64.0 Å². The molecule has 23 heavy (non-hydrogen) atoms. The lowest BCUT2D eigenvalue weighted by atomic mass is 10.0. The van der Waals surface area contributed by atoms with Crippen molar-refractivity contribution in [2.24, 2.45) is 17.8 Å². The van der Waals surface area contributed by atoms with E-state index in [1.54, 1.807) is 6.20 Å². The fraction of sp³-hybridized carbons (Fsp3) is 0.500. The van der Waals surface area contributed by atoms with Crippen LogP contribution in [-0.2, 0) is 11.3 Å². The highest BCUT2D eigenvalue weighted by Crippen LogP contribution is 2.55. The third-order valence-corrected chi connectivity index (χ3v) is 5.34. The van der Waals surface area contributed by atoms with Crippen molar-refractivity contribution in [3.8, 4) is 0 Å². The van der Waals surface area contributed by atoms with Crippen molar-refractivity contribution in [3.05, 3.63) is 40.8 Å². The summed E-state index contributed by atoms with van der Waals surface area (Å²) in [5.74, 6) is 1.62. The standard InChI is InChI=1S/C18H21N3O2/c22-17(16-14-7-3-4-8-15(14)16)19-9-10-21-18(23)13-6-2-1-5-12(13)11-20-21/h1-2,5-6,11,14-16H,3-4,7-10H2,(H,19,22)/t14-,15-/m0/s1. The second-order valence-corrected chi connectivity index (χ2v) is 6.69. The van der Waals surface area contributed by atoms with E-state index in [4.69, 9.17) is 0 Å². The number of amides is 1. The first-order valence-corrected chi connectivity index (χ1v) is 8.48. The van der Waals surface area contributed by atoms with Gasteiger partial charge in [-0.2, -0.15) is 5.10 Å². The number of carbonyl (C=O) groups is 1. The first-order chi connectivity index (χ1) is 11.3. The molecule has 5 nitrogen and oxygen atoms in total. The lowest BCUT2D eigenvalue weighted by Gasteiger charge is -2.07. The largest absolute Gasteiger partial charge is 0.354 e. The van der Waals surface area contributed by atoms with Crippen molar-refractivity contribution in [2.75, 3.05) is 6.54 Å². The Labute approximate surface area is 134 Å². The van der Waals surface area contributed by atoms with Crippen molar-refractivity contribution in [3.63, 3.8) is 0 Å². The molecule has 0 radical (unpaired) electrons. The summed E-state index contributed by atoms with van der Waals surface area (Å²) < 4.78 is 1.43. The Hall–Kier alpha value is -2.17. The van der Waals surface area contributed by atoms with Gasteiger partial charge in [-0.1, -0.05) is 31.0 Å². The molecule has 1 N–H and O–H groups in total. The number of benzene rings is 1. The maximum Gasteiger partial charge on any atom is 0.274 e. The Morgan fingerprint density at radius 3 is 2.74 bits per heavy atom. The van der Waals surface area contributed by atoms with Crippen molar-refractivity contribution >= 4 is 16.7 Å². The maximum atomic E-state index is 12.3. The molecule has 4 rings (SSSR count). The number of rotatable bonds is 4. The summed E-state index contributed by atoms with van der Waals surface area (Å²) in [5.41, 5.74) is -0.0996. The third kappa shape index (κ3) is 2.64. The summed E-state index contributed by atoms with van der Waals surface area (Å²) in [6.45, 7) is 0.873. The van der Waals surface area contributed by atoms with Crippen LogP contribution in [0.2, 0.25) is 0 Å². The first-order valence-electron chi connectivity index (χ1n) is 8.48. The molecule has 1 aromatic carbocycles. The summed E-state index contributed by atoms with van der Waals surface area (Å²) >= 11 is 0. The van der Waals surface area contributed by atoms with E-state index in [0.717, 1.165) is 5.39 Å². The molecule has 2 fully saturated rings. The van der Waals surface area contributed by atoms with Gasteiger partial charge in [-0.25, -0.2) is 4.68 Å². The fourth-order valence-electron chi connectivity index (χ4n) is 4.07. The Bertz CT molecular complexity index is 786. The SMILES string of the molecule is O=C(NCCn1ncc2ccccc2c1=O)C1[C@H]2CCCC[C@H]12. The molecule has 0 bridgehead atoms. The molecule has 1 amide bonds. The summed E-state index contributed by atoms with van der Waals surface area (Å²) in [6, 6.07) is 7.43. The smallest absolute Gasteiger partial charge is 0.274 e. The van der Waals surface area contributed by atoms with Crippen LogP contribution in [0.15, 0.2) is 35.3 Å². The van der Waals surface area contributed by atoms with E-state index >= 15 is 0 Å². The molecule has 2 aliphatic carbocycles. The van der Waals surface area contributed by atoms with Crippen LogP contribution in [0, 0.1) is 17.8 Å². The molecule has 1 aromatic heterocycles. The van der Waals surface area contributed by atoms with E-state index < -0.39 is 0 Å². The lowest BCUT2D eigenvalue weighted by Crippen LogP contribution is -2.33. The molecular weight excluding hydrogens is 290 g/mol. The fourth-order valence-corrected chi connectivity index (χ4v) is 4.07. The zero-order valence-electron chi connectivity index (χ0n) is 13.1. The summed E-state index contributed by atoms with van der Waals surface area (Å²) in [7, 11) is 0. The van der Waals surface area contributed by atoms with Gasteiger partial charge in [0.05, 0.1) is 18.1 Å². The quantitative estimate of drug-likeness (QED) is 0.938. The minimum absolute atomic E-state index is 0.0996. The molecule has 0 spiro atoms. The molecule has 0 saturated heterocycles. The normalized spacial score (nSPS) is 25.8. The maximum absolute atomic E-state index is 12.3. The minimum atomic E-state index is -0.0996. The number of aromatic nitrogens is 2. The number of nitrogens with one attached hydrogen (secondary N) is 1. The number of nitrogens with zero attached hydrogens (tertiary/aromatic N) is 2. The Morgan fingerprint density at radius 1 is 1.22 bits per heavy atom. The van der Waals surface area contributed by atoms with Gasteiger partial charge in [-0.3, -0.25) is 9.59 Å². The van der Waals surface area contributed by atoms with Crippen LogP contribution in [0.25, 0.3) is 10.8 Å². The van der Waals surface area contributed by atoms with Crippen LogP contribution in [-0.4, -0.2) is 22.2 Å².